The van der Waals surface area contributed by atoms with Crippen molar-refractivity contribution in [3.05, 3.63) is 29.8 Å². The van der Waals surface area contributed by atoms with Gasteiger partial charge in [-0.25, -0.2) is 13.6 Å². The molecule has 158 valence electrons. The second-order valence-corrected chi connectivity index (χ2v) is 7.79. The van der Waals surface area contributed by atoms with E-state index < -0.39 is 12.0 Å². The van der Waals surface area contributed by atoms with Gasteiger partial charge in [0.1, 0.15) is 11.8 Å². The van der Waals surface area contributed by atoms with Crippen LogP contribution in [0.2, 0.25) is 0 Å². The van der Waals surface area contributed by atoms with E-state index >= 15 is 0 Å². The Morgan fingerprint density at radius 2 is 1.97 bits per heavy atom. The van der Waals surface area contributed by atoms with Crippen LogP contribution in [0.5, 0.6) is 5.75 Å². The van der Waals surface area contributed by atoms with E-state index in [4.69, 9.17) is 4.74 Å². The highest BCUT2D eigenvalue weighted by Crippen LogP contribution is 2.37. The van der Waals surface area contributed by atoms with Gasteiger partial charge in [0, 0.05) is 26.9 Å². The number of allylic oxidation sites excluding steroid dienone is 1. The number of anilines is 1. The Balaban J connectivity index is 1.70. The molecule has 1 unspecified atom stereocenters. The van der Waals surface area contributed by atoms with E-state index in [-0.39, 0.29) is 30.7 Å². The molecule has 1 heterocycles. The fourth-order valence-electron chi connectivity index (χ4n) is 3.77. The van der Waals surface area contributed by atoms with E-state index in [9.17, 15) is 18.4 Å². The average molecular weight is 407 g/mol. The van der Waals surface area contributed by atoms with Crippen molar-refractivity contribution in [2.24, 2.45) is 5.92 Å². The maximum atomic E-state index is 13.3. The summed E-state index contributed by atoms with van der Waals surface area (Å²) in [6.45, 7) is 0.315. The first-order valence-electron chi connectivity index (χ1n) is 9.73. The topological polar surface area (TPSA) is 61.9 Å². The summed E-state index contributed by atoms with van der Waals surface area (Å²) in [5.74, 6) is -2.19. The zero-order valence-corrected chi connectivity index (χ0v) is 17.0. The fraction of sp³-hybridized carbons (Fsp3) is 0.524. The molecule has 1 aromatic carbocycles. The van der Waals surface area contributed by atoms with Gasteiger partial charge in [-0.05, 0) is 36.5 Å². The molecule has 2 aliphatic rings. The SMILES string of the molecule is COc1ccc(/C=C/C2CCC(F)(F)CC2)cc1NC(=O)C1CN(C)C(=O)N1C. The van der Waals surface area contributed by atoms with Crippen LogP contribution in [0.1, 0.15) is 31.2 Å². The predicted octanol–water partition coefficient (Wildman–Crippen LogP) is 3.84. The summed E-state index contributed by atoms with van der Waals surface area (Å²) in [5.41, 5.74) is 1.34. The Bertz CT molecular complexity index is 802. The molecule has 6 nitrogen and oxygen atoms in total. The fourth-order valence-corrected chi connectivity index (χ4v) is 3.77. The van der Waals surface area contributed by atoms with E-state index in [1.807, 2.05) is 18.2 Å². The Labute approximate surface area is 169 Å². The minimum absolute atomic E-state index is 0.0754. The third kappa shape index (κ3) is 4.86. The summed E-state index contributed by atoms with van der Waals surface area (Å²) in [6, 6.07) is 4.60. The first kappa shape index (κ1) is 21.1. The molecule has 3 amide bonds. The Hall–Kier alpha value is -2.64. The van der Waals surface area contributed by atoms with Crippen molar-refractivity contribution in [2.45, 2.75) is 37.6 Å². The molecule has 1 aromatic rings. The lowest BCUT2D eigenvalue weighted by atomic mass is 9.86. The van der Waals surface area contributed by atoms with Gasteiger partial charge in [0.25, 0.3) is 0 Å². The summed E-state index contributed by atoms with van der Waals surface area (Å²) >= 11 is 0. The number of benzene rings is 1. The molecular weight excluding hydrogens is 380 g/mol. The number of urea groups is 1. The molecule has 3 rings (SSSR count). The van der Waals surface area contributed by atoms with Gasteiger partial charge in [-0.15, -0.1) is 0 Å². The van der Waals surface area contributed by atoms with Crippen LogP contribution < -0.4 is 10.1 Å². The largest absolute Gasteiger partial charge is 0.495 e. The molecule has 2 fully saturated rings. The molecule has 0 bridgehead atoms. The number of carbonyl (C=O) groups excluding carboxylic acids is 2. The number of methoxy groups -OCH3 is 1. The zero-order chi connectivity index (χ0) is 21.2. The number of halogens is 2. The minimum Gasteiger partial charge on any atom is -0.495 e. The maximum Gasteiger partial charge on any atom is 0.320 e. The van der Waals surface area contributed by atoms with Crippen molar-refractivity contribution < 1.29 is 23.1 Å². The number of alkyl halides is 2. The average Bonchev–Trinajstić information content (AvgIpc) is 2.95. The van der Waals surface area contributed by atoms with Crippen LogP contribution in [0.15, 0.2) is 24.3 Å². The van der Waals surface area contributed by atoms with E-state index in [1.54, 1.807) is 26.2 Å². The lowest BCUT2D eigenvalue weighted by Crippen LogP contribution is -2.40. The highest BCUT2D eigenvalue weighted by molar-refractivity contribution is 6.00. The van der Waals surface area contributed by atoms with Crippen LogP contribution in [0.4, 0.5) is 19.3 Å². The number of nitrogens with one attached hydrogen (secondary N) is 1. The van der Waals surface area contributed by atoms with Gasteiger partial charge in [-0.1, -0.05) is 18.2 Å². The summed E-state index contributed by atoms with van der Waals surface area (Å²) in [7, 11) is 4.77. The summed E-state index contributed by atoms with van der Waals surface area (Å²) in [6.07, 6.45) is 4.64. The van der Waals surface area contributed by atoms with Crippen LogP contribution in [0.25, 0.3) is 6.08 Å². The number of hydrogen-bond acceptors (Lipinski definition) is 3. The van der Waals surface area contributed by atoms with Crippen LogP contribution in [-0.4, -0.2) is 61.5 Å². The number of nitrogens with zero attached hydrogens (tertiary/aromatic N) is 2. The van der Waals surface area contributed by atoms with Crippen molar-refractivity contribution in [3.8, 4) is 5.75 Å². The molecule has 0 spiro atoms. The van der Waals surface area contributed by atoms with Crippen molar-refractivity contribution in [1.82, 2.24) is 9.80 Å². The Morgan fingerprint density at radius 3 is 2.55 bits per heavy atom. The number of rotatable bonds is 5. The molecule has 1 aliphatic heterocycles. The van der Waals surface area contributed by atoms with E-state index in [0.29, 0.717) is 30.8 Å². The molecule has 8 heteroatoms. The van der Waals surface area contributed by atoms with Crippen molar-refractivity contribution >= 4 is 23.7 Å². The molecule has 1 N–H and O–H groups in total. The summed E-state index contributed by atoms with van der Waals surface area (Å²) in [4.78, 5) is 27.5. The molecule has 0 radical (unpaired) electrons. The predicted molar refractivity (Wildman–Crippen MR) is 107 cm³/mol. The Kier molecular flexibility index (Phi) is 6.10. The zero-order valence-electron chi connectivity index (χ0n) is 17.0. The molecule has 1 atom stereocenters. The molecule has 1 aliphatic carbocycles. The van der Waals surface area contributed by atoms with E-state index in [0.717, 1.165) is 5.56 Å². The standard InChI is InChI=1S/C21H27F2N3O3/c1-25-13-17(26(2)20(25)28)19(27)24-16-12-15(6-7-18(16)29-3)5-4-14-8-10-21(22,23)11-9-14/h4-7,12,14,17H,8-11,13H2,1-3H3,(H,24,27)/b5-4+. The van der Waals surface area contributed by atoms with Gasteiger partial charge in [0.15, 0.2) is 0 Å². The monoisotopic (exact) mass is 407 g/mol. The molecule has 1 saturated carbocycles. The van der Waals surface area contributed by atoms with Gasteiger partial charge >= 0.3 is 6.03 Å². The molecule has 29 heavy (non-hydrogen) atoms. The van der Waals surface area contributed by atoms with Crippen LogP contribution in [0, 0.1) is 5.92 Å². The maximum absolute atomic E-state index is 13.3. The van der Waals surface area contributed by atoms with E-state index in [1.165, 1.54) is 16.9 Å². The van der Waals surface area contributed by atoms with Crippen molar-refractivity contribution in [2.75, 3.05) is 33.1 Å². The van der Waals surface area contributed by atoms with Crippen molar-refractivity contribution in [3.63, 3.8) is 0 Å². The number of amides is 3. The van der Waals surface area contributed by atoms with Crippen LogP contribution in [0.3, 0.4) is 0 Å². The van der Waals surface area contributed by atoms with Crippen molar-refractivity contribution in [1.29, 1.82) is 0 Å². The number of likely N-dealkylation sites (N-methyl/N-ethyl adjacent to an activating group) is 2. The van der Waals surface area contributed by atoms with Crippen LogP contribution in [-0.2, 0) is 4.79 Å². The molecule has 1 saturated heterocycles. The third-order valence-corrected chi connectivity index (χ3v) is 5.65. The molecular formula is C21H27F2N3O3. The van der Waals surface area contributed by atoms with Gasteiger partial charge in [-0.2, -0.15) is 0 Å². The normalized spacial score (nSPS) is 22.4. The number of hydrogen-bond donors (Lipinski definition) is 1. The summed E-state index contributed by atoms with van der Waals surface area (Å²) < 4.78 is 31.9. The van der Waals surface area contributed by atoms with Gasteiger partial charge < -0.3 is 19.9 Å². The second kappa shape index (κ2) is 8.39. The number of ether oxygens (including phenoxy) is 1. The quantitative estimate of drug-likeness (QED) is 0.807. The van der Waals surface area contributed by atoms with Gasteiger partial charge in [0.2, 0.25) is 11.8 Å². The van der Waals surface area contributed by atoms with Gasteiger partial charge in [0.05, 0.1) is 19.3 Å². The lowest BCUT2D eigenvalue weighted by molar-refractivity contribution is -0.119. The highest BCUT2D eigenvalue weighted by Gasteiger charge is 2.37. The number of carbonyl (C=O) groups is 2. The summed E-state index contributed by atoms with van der Waals surface area (Å²) in [5, 5.41) is 2.85. The van der Waals surface area contributed by atoms with Crippen LogP contribution >= 0.6 is 0 Å². The molecule has 0 aromatic heterocycles. The Morgan fingerprint density at radius 1 is 1.28 bits per heavy atom. The first-order chi connectivity index (χ1) is 13.7. The minimum atomic E-state index is -2.54. The highest BCUT2D eigenvalue weighted by atomic mass is 19.3. The lowest BCUT2D eigenvalue weighted by Gasteiger charge is -2.26. The third-order valence-electron chi connectivity index (χ3n) is 5.65. The first-order valence-corrected chi connectivity index (χ1v) is 9.73. The van der Waals surface area contributed by atoms with Gasteiger partial charge in [-0.3, -0.25) is 4.79 Å². The second-order valence-electron chi connectivity index (χ2n) is 7.79. The van der Waals surface area contributed by atoms with E-state index in [2.05, 4.69) is 5.32 Å². The smallest absolute Gasteiger partial charge is 0.320 e.